The smallest absolute Gasteiger partial charge is 0.251 e. The third kappa shape index (κ3) is 3.39. The second kappa shape index (κ2) is 5.95. The minimum atomic E-state index is -0.0456. The molecule has 20 heavy (non-hydrogen) atoms. The lowest BCUT2D eigenvalue weighted by Gasteiger charge is -2.23. The van der Waals surface area contributed by atoms with Gasteiger partial charge in [0.05, 0.1) is 11.4 Å². The fourth-order valence-electron chi connectivity index (χ4n) is 2.45. The van der Waals surface area contributed by atoms with Crippen LogP contribution in [0.15, 0.2) is 18.2 Å². The normalized spacial score (nSPS) is 21.8. The minimum Gasteiger partial charge on any atom is -0.397 e. The summed E-state index contributed by atoms with van der Waals surface area (Å²) in [5.41, 5.74) is 8.16. The molecule has 1 heterocycles. The SMILES string of the molecule is CN(C)c1ccc(C(=O)NCC2(C)CCCS2)cc1N. The van der Waals surface area contributed by atoms with Gasteiger partial charge in [-0.3, -0.25) is 4.79 Å². The van der Waals surface area contributed by atoms with E-state index in [1.54, 1.807) is 6.07 Å². The van der Waals surface area contributed by atoms with E-state index < -0.39 is 0 Å². The Labute approximate surface area is 125 Å². The van der Waals surface area contributed by atoms with Gasteiger partial charge in [-0.25, -0.2) is 0 Å². The second-order valence-electron chi connectivity index (χ2n) is 5.75. The number of nitrogen functional groups attached to an aromatic ring is 1. The number of nitrogens with zero attached hydrogens (tertiary/aromatic N) is 1. The standard InChI is InChI=1S/C15H23N3OS/c1-15(7-4-8-20-15)10-17-14(19)11-5-6-13(18(2)3)12(16)9-11/h5-6,9H,4,7-8,10,16H2,1-3H3,(H,17,19). The molecule has 1 fully saturated rings. The maximum absolute atomic E-state index is 12.2. The van der Waals surface area contributed by atoms with Crippen molar-refractivity contribution in [1.29, 1.82) is 0 Å². The van der Waals surface area contributed by atoms with Crippen molar-refractivity contribution in [2.75, 3.05) is 37.0 Å². The number of nitrogens with two attached hydrogens (primary N) is 1. The van der Waals surface area contributed by atoms with Crippen LogP contribution in [-0.4, -0.2) is 37.0 Å². The first-order chi connectivity index (χ1) is 9.41. The summed E-state index contributed by atoms with van der Waals surface area (Å²) in [5.74, 6) is 1.15. The van der Waals surface area contributed by atoms with E-state index >= 15 is 0 Å². The molecule has 1 aliphatic rings. The van der Waals surface area contributed by atoms with Crippen LogP contribution in [0.5, 0.6) is 0 Å². The maximum atomic E-state index is 12.2. The number of carbonyl (C=O) groups is 1. The molecule has 0 radical (unpaired) electrons. The Balaban J connectivity index is 2.00. The predicted octanol–water partition coefficient (Wildman–Crippen LogP) is 2.35. The lowest BCUT2D eigenvalue weighted by Crippen LogP contribution is -2.36. The molecule has 1 atom stereocenters. The van der Waals surface area contributed by atoms with Crippen LogP contribution >= 0.6 is 11.8 Å². The molecule has 4 nitrogen and oxygen atoms in total. The van der Waals surface area contributed by atoms with E-state index in [0.29, 0.717) is 17.8 Å². The number of benzene rings is 1. The number of hydrogen-bond acceptors (Lipinski definition) is 4. The lowest BCUT2D eigenvalue weighted by atomic mass is 10.1. The van der Waals surface area contributed by atoms with Crippen LogP contribution < -0.4 is 16.0 Å². The molecule has 0 bridgehead atoms. The summed E-state index contributed by atoms with van der Waals surface area (Å²) in [7, 11) is 3.87. The molecule has 0 aromatic heterocycles. The first-order valence-electron chi connectivity index (χ1n) is 6.90. The van der Waals surface area contributed by atoms with Crippen LogP contribution in [0.25, 0.3) is 0 Å². The molecule has 0 spiro atoms. The number of thioether (sulfide) groups is 1. The number of amides is 1. The first-order valence-corrected chi connectivity index (χ1v) is 7.89. The number of hydrogen-bond donors (Lipinski definition) is 2. The van der Waals surface area contributed by atoms with Crippen molar-refractivity contribution in [2.45, 2.75) is 24.5 Å². The van der Waals surface area contributed by atoms with Gasteiger partial charge in [-0.1, -0.05) is 0 Å². The van der Waals surface area contributed by atoms with Gasteiger partial charge < -0.3 is 16.0 Å². The molecule has 0 saturated carbocycles. The fraction of sp³-hybridized carbons (Fsp3) is 0.533. The van der Waals surface area contributed by atoms with Crippen LogP contribution in [0, 0.1) is 0 Å². The minimum absolute atomic E-state index is 0.0456. The molecular formula is C15H23N3OS. The first kappa shape index (κ1) is 15.0. The summed E-state index contributed by atoms with van der Waals surface area (Å²) in [6, 6.07) is 5.45. The van der Waals surface area contributed by atoms with Gasteiger partial charge in [0.2, 0.25) is 0 Å². The Morgan fingerprint density at radius 1 is 1.50 bits per heavy atom. The summed E-state index contributed by atoms with van der Waals surface area (Å²) in [4.78, 5) is 14.1. The molecule has 1 unspecified atom stereocenters. The van der Waals surface area contributed by atoms with Crippen LogP contribution in [0.2, 0.25) is 0 Å². The van der Waals surface area contributed by atoms with E-state index in [1.165, 1.54) is 18.6 Å². The molecule has 1 amide bonds. The molecule has 0 aliphatic carbocycles. The van der Waals surface area contributed by atoms with Crippen molar-refractivity contribution in [1.82, 2.24) is 5.32 Å². The number of rotatable bonds is 4. The van der Waals surface area contributed by atoms with Crippen LogP contribution in [0.4, 0.5) is 11.4 Å². The Bertz CT molecular complexity index is 496. The Morgan fingerprint density at radius 2 is 2.25 bits per heavy atom. The fourth-order valence-corrected chi connectivity index (χ4v) is 3.69. The molecule has 1 aromatic carbocycles. The summed E-state index contributed by atoms with van der Waals surface area (Å²) in [6.45, 7) is 2.93. The highest BCUT2D eigenvalue weighted by Gasteiger charge is 2.29. The molecule has 2 rings (SSSR count). The number of carbonyl (C=O) groups excluding carboxylic acids is 1. The third-order valence-corrected chi connectivity index (χ3v) is 5.23. The Morgan fingerprint density at radius 3 is 2.80 bits per heavy atom. The zero-order valence-electron chi connectivity index (χ0n) is 12.4. The number of nitrogens with one attached hydrogen (secondary N) is 1. The summed E-state index contributed by atoms with van der Waals surface area (Å²) in [5, 5.41) is 3.03. The largest absolute Gasteiger partial charge is 0.397 e. The molecule has 1 aliphatic heterocycles. The second-order valence-corrected chi connectivity index (χ2v) is 7.44. The molecular weight excluding hydrogens is 270 g/mol. The highest BCUT2D eigenvalue weighted by molar-refractivity contribution is 8.00. The highest BCUT2D eigenvalue weighted by atomic mass is 32.2. The van der Waals surface area contributed by atoms with Gasteiger partial charge in [0.15, 0.2) is 0 Å². The van der Waals surface area contributed by atoms with Crippen LogP contribution in [0.1, 0.15) is 30.1 Å². The van der Waals surface area contributed by atoms with Gasteiger partial charge in [0.25, 0.3) is 5.91 Å². The van der Waals surface area contributed by atoms with Gasteiger partial charge in [-0.05, 0) is 43.7 Å². The maximum Gasteiger partial charge on any atom is 0.251 e. The van der Waals surface area contributed by atoms with E-state index in [2.05, 4.69) is 12.2 Å². The summed E-state index contributed by atoms with van der Waals surface area (Å²) in [6.07, 6.45) is 2.40. The highest BCUT2D eigenvalue weighted by Crippen LogP contribution is 2.37. The summed E-state index contributed by atoms with van der Waals surface area (Å²) < 4.78 is 0.185. The van der Waals surface area contributed by atoms with Crippen molar-refractivity contribution in [3.8, 4) is 0 Å². The van der Waals surface area contributed by atoms with E-state index in [9.17, 15) is 4.79 Å². The molecule has 5 heteroatoms. The van der Waals surface area contributed by atoms with E-state index in [1.807, 2.05) is 42.9 Å². The lowest BCUT2D eigenvalue weighted by molar-refractivity contribution is 0.0950. The Kier molecular flexibility index (Phi) is 4.48. The average molecular weight is 293 g/mol. The van der Waals surface area contributed by atoms with Gasteiger partial charge in [-0.2, -0.15) is 11.8 Å². The van der Waals surface area contributed by atoms with Crippen LogP contribution in [0.3, 0.4) is 0 Å². The summed E-state index contributed by atoms with van der Waals surface area (Å²) >= 11 is 1.95. The zero-order chi connectivity index (χ0) is 14.8. The Hall–Kier alpha value is -1.36. The van der Waals surface area contributed by atoms with Crippen molar-refractivity contribution < 1.29 is 4.79 Å². The van der Waals surface area contributed by atoms with Crippen molar-refractivity contribution in [2.24, 2.45) is 0 Å². The number of anilines is 2. The van der Waals surface area contributed by atoms with Crippen molar-refractivity contribution in [3.05, 3.63) is 23.8 Å². The van der Waals surface area contributed by atoms with Gasteiger partial charge in [0.1, 0.15) is 0 Å². The molecule has 1 saturated heterocycles. The quantitative estimate of drug-likeness (QED) is 0.837. The van der Waals surface area contributed by atoms with E-state index in [0.717, 1.165) is 5.69 Å². The van der Waals surface area contributed by atoms with Gasteiger partial charge in [-0.15, -0.1) is 0 Å². The molecule has 3 N–H and O–H groups in total. The van der Waals surface area contributed by atoms with Gasteiger partial charge >= 0.3 is 0 Å². The molecule has 110 valence electrons. The van der Waals surface area contributed by atoms with E-state index in [4.69, 9.17) is 5.73 Å². The topological polar surface area (TPSA) is 58.4 Å². The predicted molar refractivity (Wildman–Crippen MR) is 87.6 cm³/mol. The van der Waals surface area contributed by atoms with Crippen molar-refractivity contribution in [3.63, 3.8) is 0 Å². The third-order valence-electron chi connectivity index (χ3n) is 3.69. The monoisotopic (exact) mass is 293 g/mol. The van der Waals surface area contributed by atoms with Crippen LogP contribution in [-0.2, 0) is 0 Å². The van der Waals surface area contributed by atoms with Gasteiger partial charge in [0, 0.05) is 31.0 Å². The molecule has 1 aromatic rings. The van der Waals surface area contributed by atoms with E-state index in [-0.39, 0.29) is 10.7 Å². The van der Waals surface area contributed by atoms with Crippen molar-refractivity contribution >= 4 is 29.0 Å². The average Bonchev–Trinajstić information content (AvgIpc) is 2.83. The zero-order valence-corrected chi connectivity index (χ0v) is 13.2.